The van der Waals surface area contributed by atoms with E-state index in [9.17, 15) is 4.79 Å². The first kappa shape index (κ1) is 13.5. The van der Waals surface area contributed by atoms with Gasteiger partial charge in [-0.25, -0.2) is 0 Å². The normalized spacial score (nSPS) is 44.4. The van der Waals surface area contributed by atoms with Crippen LogP contribution in [0.15, 0.2) is 0 Å². The molecule has 0 radical (unpaired) electrons. The SMILES string of the molecule is CCC(C)(C)C(=O)OC1C2CC3CC1CC(C)(C3)C2. The highest BCUT2D eigenvalue weighted by Gasteiger charge is 2.55. The zero-order valence-electron chi connectivity index (χ0n) is 12.9. The lowest BCUT2D eigenvalue weighted by molar-refractivity contribution is -0.188. The first-order valence-corrected chi connectivity index (χ1v) is 8.04. The van der Waals surface area contributed by atoms with E-state index >= 15 is 0 Å². The second kappa shape index (κ2) is 4.23. The third-order valence-corrected chi connectivity index (χ3v) is 6.17. The van der Waals surface area contributed by atoms with E-state index in [2.05, 4.69) is 13.8 Å². The van der Waals surface area contributed by atoms with Crippen molar-refractivity contribution in [2.24, 2.45) is 28.6 Å². The topological polar surface area (TPSA) is 26.3 Å². The largest absolute Gasteiger partial charge is 0.461 e. The van der Waals surface area contributed by atoms with Crippen LogP contribution in [0.2, 0.25) is 0 Å². The molecule has 2 heteroatoms. The summed E-state index contributed by atoms with van der Waals surface area (Å²) in [6, 6.07) is 0. The van der Waals surface area contributed by atoms with Crippen LogP contribution in [0.1, 0.15) is 66.2 Å². The van der Waals surface area contributed by atoms with Gasteiger partial charge in [0.05, 0.1) is 5.41 Å². The molecule has 108 valence electrons. The van der Waals surface area contributed by atoms with Crippen LogP contribution in [0.3, 0.4) is 0 Å². The van der Waals surface area contributed by atoms with Crippen LogP contribution in [0.4, 0.5) is 0 Å². The van der Waals surface area contributed by atoms with E-state index < -0.39 is 0 Å². The van der Waals surface area contributed by atoms with Gasteiger partial charge in [-0.2, -0.15) is 0 Å². The Morgan fingerprint density at radius 3 is 2.26 bits per heavy atom. The maximum atomic E-state index is 12.3. The van der Waals surface area contributed by atoms with Gasteiger partial charge in [-0.15, -0.1) is 0 Å². The summed E-state index contributed by atoms with van der Waals surface area (Å²) in [5.41, 5.74) is 0.234. The second-order valence-electron chi connectivity index (χ2n) is 8.39. The number of rotatable bonds is 3. The molecule has 4 rings (SSSR count). The fourth-order valence-corrected chi connectivity index (χ4v) is 5.00. The Kier molecular flexibility index (Phi) is 3.00. The molecule has 4 saturated carbocycles. The van der Waals surface area contributed by atoms with E-state index in [4.69, 9.17) is 4.74 Å². The summed E-state index contributed by atoms with van der Waals surface area (Å²) < 4.78 is 5.99. The van der Waals surface area contributed by atoms with Gasteiger partial charge in [-0.05, 0) is 75.5 Å². The monoisotopic (exact) mass is 264 g/mol. The molecule has 0 saturated heterocycles. The molecule has 0 aromatic rings. The third-order valence-electron chi connectivity index (χ3n) is 6.17. The minimum atomic E-state index is -0.321. The first-order valence-electron chi connectivity index (χ1n) is 8.04. The van der Waals surface area contributed by atoms with Gasteiger partial charge in [0.25, 0.3) is 0 Å². The maximum absolute atomic E-state index is 12.3. The van der Waals surface area contributed by atoms with Crippen molar-refractivity contribution >= 4 is 5.97 Å². The van der Waals surface area contributed by atoms with Crippen molar-refractivity contribution in [2.45, 2.75) is 72.3 Å². The summed E-state index contributed by atoms with van der Waals surface area (Å²) in [6.07, 6.45) is 7.67. The molecule has 0 aliphatic heterocycles. The van der Waals surface area contributed by atoms with Crippen molar-refractivity contribution in [3.05, 3.63) is 0 Å². The summed E-state index contributed by atoms with van der Waals surface area (Å²) in [4.78, 5) is 12.3. The van der Waals surface area contributed by atoms with Gasteiger partial charge in [0.1, 0.15) is 6.10 Å². The van der Waals surface area contributed by atoms with Crippen molar-refractivity contribution in [2.75, 3.05) is 0 Å². The van der Waals surface area contributed by atoms with Gasteiger partial charge >= 0.3 is 5.97 Å². The van der Waals surface area contributed by atoms with Gasteiger partial charge in [0.15, 0.2) is 0 Å². The molecule has 4 bridgehead atoms. The summed E-state index contributed by atoms with van der Waals surface area (Å²) in [5, 5.41) is 0. The Labute approximate surface area is 117 Å². The van der Waals surface area contributed by atoms with Gasteiger partial charge in [-0.1, -0.05) is 13.8 Å². The summed E-state index contributed by atoms with van der Waals surface area (Å²) in [7, 11) is 0. The van der Waals surface area contributed by atoms with Crippen molar-refractivity contribution in [1.29, 1.82) is 0 Å². The fraction of sp³-hybridized carbons (Fsp3) is 0.941. The molecule has 4 fully saturated rings. The molecule has 19 heavy (non-hydrogen) atoms. The highest BCUT2D eigenvalue weighted by molar-refractivity contribution is 5.76. The Hall–Kier alpha value is -0.530. The second-order valence-corrected chi connectivity index (χ2v) is 8.39. The Morgan fingerprint density at radius 1 is 1.21 bits per heavy atom. The lowest BCUT2D eigenvalue weighted by Crippen LogP contribution is -2.54. The number of ether oxygens (including phenoxy) is 1. The standard InChI is InChI=1S/C17H28O2/c1-5-16(2,3)15(18)19-14-12-6-11-7-13(14)10-17(4,8-11)9-12/h11-14H,5-10H2,1-4H3. The molecule has 0 amide bonds. The molecule has 4 aliphatic carbocycles. The summed E-state index contributed by atoms with van der Waals surface area (Å²) in [6.45, 7) is 8.53. The lowest BCUT2D eigenvalue weighted by atomic mass is 9.49. The predicted molar refractivity (Wildman–Crippen MR) is 75.6 cm³/mol. The molecule has 0 aromatic carbocycles. The number of hydrogen-bond donors (Lipinski definition) is 0. The molecule has 4 aliphatic rings. The maximum Gasteiger partial charge on any atom is 0.311 e. The van der Waals surface area contributed by atoms with E-state index in [1.165, 1.54) is 32.1 Å². The molecule has 0 heterocycles. The van der Waals surface area contributed by atoms with Crippen LogP contribution < -0.4 is 0 Å². The Morgan fingerprint density at radius 2 is 1.79 bits per heavy atom. The minimum absolute atomic E-state index is 0.0256. The summed E-state index contributed by atoms with van der Waals surface area (Å²) >= 11 is 0. The highest BCUT2D eigenvalue weighted by Crippen LogP contribution is 2.60. The molecular formula is C17H28O2. The van der Waals surface area contributed by atoms with Crippen molar-refractivity contribution < 1.29 is 9.53 Å². The zero-order valence-corrected chi connectivity index (χ0v) is 12.9. The van der Waals surface area contributed by atoms with Gasteiger partial charge < -0.3 is 4.74 Å². The minimum Gasteiger partial charge on any atom is -0.461 e. The van der Waals surface area contributed by atoms with E-state index in [0.717, 1.165) is 12.3 Å². The number of hydrogen-bond acceptors (Lipinski definition) is 2. The van der Waals surface area contributed by atoms with Crippen molar-refractivity contribution in [1.82, 2.24) is 0 Å². The van der Waals surface area contributed by atoms with Gasteiger partial charge in [0, 0.05) is 0 Å². The van der Waals surface area contributed by atoms with Crippen LogP contribution in [-0.4, -0.2) is 12.1 Å². The molecule has 0 spiro atoms. The number of carbonyl (C=O) groups is 1. The quantitative estimate of drug-likeness (QED) is 0.715. The smallest absolute Gasteiger partial charge is 0.311 e. The molecule has 2 nitrogen and oxygen atoms in total. The predicted octanol–water partition coefficient (Wildman–Crippen LogP) is 4.18. The number of carbonyl (C=O) groups excluding carboxylic acids is 1. The van der Waals surface area contributed by atoms with Crippen molar-refractivity contribution in [3.8, 4) is 0 Å². The summed E-state index contributed by atoms with van der Waals surface area (Å²) in [5.74, 6) is 2.23. The van der Waals surface area contributed by atoms with E-state index in [1.54, 1.807) is 0 Å². The zero-order chi connectivity index (χ0) is 13.8. The van der Waals surface area contributed by atoms with Crippen molar-refractivity contribution in [3.63, 3.8) is 0 Å². The van der Waals surface area contributed by atoms with Gasteiger partial charge in [-0.3, -0.25) is 4.79 Å². The van der Waals surface area contributed by atoms with Gasteiger partial charge in [0.2, 0.25) is 0 Å². The highest BCUT2D eigenvalue weighted by atomic mass is 16.5. The van der Waals surface area contributed by atoms with Crippen LogP contribution in [0, 0.1) is 28.6 Å². The fourth-order valence-electron chi connectivity index (χ4n) is 5.00. The molecule has 2 atom stereocenters. The molecular weight excluding hydrogens is 236 g/mol. The van der Waals surface area contributed by atoms with Crippen LogP contribution in [0.5, 0.6) is 0 Å². The Bertz CT molecular complexity index is 369. The van der Waals surface area contributed by atoms with Crippen LogP contribution in [-0.2, 0) is 9.53 Å². The van der Waals surface area contributed by atoms with E-state index in [1.807, 2.05) is 13.8 Å². The molecule has 0 aromatic heterocycles. The lowest BCUT2D eigenvalue weighted by Gasteiger charge is -2.58. The van der Waals surface area contributed by atoms with Crippen LogP contribution >= 0.6 is 0 Å². The average Bonchev–Trinajstić information content (AvgIpc) is 2.31. The van der Waals surface area contributed by atoms with E-state index in [-0.39, 0.29) is 17.5 Å². The Balaban J connectivity index is 1.72. The molecule has 2 unspecified atom stereocenters. The van der Waals surface area contributed by atoms with Crippen LogP contribution in [0.25, 0.3) is 0 Å². The average molecular weight is 264 g/mol. The number of esters is 1. The van der Waals surface area contributed by atoms with E-state index in [0.29, 0.717) is 17.3 Å². The first-order chi connectivity index (χ1) is 8.83. The third kappa shape index (κ3) is 2.21. The molecule has 0 N–H and O–H groups in total.